The Morgan fingerprint density at radius 2 is 2.23 bits per heavy atom. The van der Waals surface area contributed by atoms with Gasteiger partial charge >= 0.3 is 0 Å². The molecule has 1 rings (SSSR count). The molecule has 0 aliphatic carbocycles. The van der Waals surface area contributed by atoms with Gasteiger partial charge in [-0.15, -0.1) is 0 Å². The van der Waals surface area contributed by atoms with Crippen molar-refractivity contribution in [1.29, 1.82) is 5.26 Å². The Morgan fingerprint density at radius 3 is 2.85 bits per heavy atom. The second kappa shape index (κ2) is 4.09. The Labute approximate surface area is 76.8 Å². The largest absolute Gasteiger partial charge is 0.289 e. The van der Waals surface area contributed by atoms with Crippen LogP contribution in [0.5, 0.6) is 0 Å². The van der Waals surface area contributed by atoms with Crippen LogP contribution < -0.4 is 0 Å². The second-order valence-electron chi connectivity index (χ2n) is 2.53. The molecule has 1 aromatic carbocycles. The molecule has 62 valence electrons. The maximum atomic E-state index is 9.96. The maximum Gasteiger partial charge on any atom is 0.193 e. The molecule has 0 aliphatic rings. The van der Waals surface area contributed by atoms with Crippen molar-refractivity contribution in [2.45, 2.75) is 6.92 Å². The molecule has 0 aromatic heterocycles. The molecule has 1 aromatic rings. The summed E-state index contributed by atoms with van der Waals surface area (Å²) < 4.78 is 0. The van der Waals surface area contributed by atoms with Crippen LogP contribution in [-0.2, 0) is 4.79 Å². The molecule has 2 heteroatoms. The monoisotopic (exact) mass is 169 g/mol. The van der Waals surface area contributed by atoms with Crippen LogP contribution in [-0.4, -0.2) is 6.29 Å². The van der Waals surface area contributed by atoms with Crippen LogP contribution in [0, 0.1) is 30.1 Å². The third-order valence-electron chi connectivity index (χ3n) is 1.63. The highest BCUT2D eigenvalue weighted by Crippen LogP contribution is 2.08. The van der Waals surface area contributed by atoms with Crippen molar-refractivity contribution >= 4 is 6.29 Å². The van der Waals surface area contributed by atoms with Crippen LogP contribution in [0.15, 0.2) is 18.2 Å². The molecule has 0 saturated carbocycles. The zero-order valence-corrected chi connectivity index (χ0v) is 7.16. The van der Waals surface area contributed by atoms with Gasteiger partial charge in [-0.05, 0) is 30.5 Å². The zero-order valence-electron chi connectivity index (χ0n) is 7.16. The van der Waals surface area contributed by atoms with Gasteiger partial charge in [-0.3, -0.25) is 4.79 Å². The fourth-order valence-corrected chi connectivity index (χ4v) is 0.933. The minimum absolute atomic E-state index is 0.534. The van der Waals surface area contributed by atoms with E-state index in [0.717, 1.165) is 5.56 Å². The van der Waals surface area contributed by atoms with E-state index < -0.39 is 0 Å². The lowest BCUT2D eigenvalue weighted by molar-refractivity contribution is -0.103. The lowest BCUT2D eigenvalue weighted by atomic mass is 10.1. The number of aryl methyl sites for hydroxylation is 1. The quantitative estimate of drug-likeness (QED) is 0.435. The summed E-state index contributed by atoms with van der Waals surface area (Å²) in [7, 11) is 0. The summed E-state index contributed by atoms with van der Waals surface area (Å²) in [5, 5.41) is 8.70. The van der Waals surface area contributed by atoms with Gasteiger partial charge in [0.15, 0.2) is 6.29 Å². The highest BCUT2D eigenvalue weighted by Gasteiger charge is 1.96. The third kappa shape index (κ3) is 2.18. The average Bonchev–Trinajstić information content (AvgIpc) is 2.16. The minimum Gasteiger partial charge on any atom is -0.289 e. The summed E-state index contributed by atoms with van der Waals surface area (Å²) in [6, 6.07) is 7.33. The van der Waals surface area contributed by atoms with Gasteiger partial charge in [-0.25, -0.2) is 0 Å². The van der Waals surface area contributed by atoms with Crippen molar-refractivity contribution in [1.82, 2.24) is 0 Å². The number of nitrogens with zero attached hydrogens (tertiary/aromatic N) is 1. The predicted molar refractivity (Wildman–Crippen MR) is 48.8 cm³/mol. The summed E-state index contributed by atoms with van der Waals surface area (Å²) in [5.74, 6) is 4.92. The number of hydrogen-bond donors (Lipinski definition) is 0. The predicted octanol–water partition coefficient (Wildman–Crippen LogP) is 1.42. The lowest BCUT2D eigenvalue weighted by Crippen LogP contribution is -1.83. The molecule has 0 radical (unpaired) electrons. The van der Waals surface area contributed by atoms with Crippen molar-refractivity contribution in [3.05, 3.63) is 34.9 Å². The molecule has 0 atom stereocenters. The second-order valence-corrected chi connectivity index (χ2v) is 2.53. The van der Waals surface area contributed by atoms with Crippen LogP contribution >= 0.6 is 0 Å². The third-order valence-corrected chi connectivity index (χ3v) is 1.63. The van der Waals surface area contributed by atoms with Crippen LogP contribution in [0.25, 0.3) is 0 Å². The molecular weight excluding hydrogens is 162 g/mol. The van der Waals surface area contributed by atoms with E-state index in [-0.39, 0.29) is 0 Å². The van der Waals surface area contributed by atoms with E-state index in [1.54, 1.807) is 12.1 Å². The van der Waals surface area contributed by atoms with Gasteiger partial charge in [0.05, 0.1) is 11.6 Å². The molecule has 0 saturated heterocycles. The molecule has 0 heterocycles. The molecule has 0 amide bonds. The topological polar surface area (TPSA) is 40.9 Å². The van der Waals surface area contributed by atoms with E-state index in [1.165, 1.54) is 0 Å². The van der Waals surface area contributed by atoms with Crippen molar-refractivity contribution in [3.8, 4) is 17.9 Å². The van der Waals surface area contributed by atoms with E-state index in [2.05, 4.69) is 17.9 Å². The van der Waals surface area contributed by atoms with Crippen LogP contribution in [0.2, 0.25) is 0 Å². The van der Waals surface area contributed by atoms with Gasteiger partial charge in [0.1, 0.15) is 0 Å². The van der Waals surface area contributed by atoms with Crippen LogP contribution in [0.3, 0.4) is 0 Å². The SMILES string of the molecule is Cc1ccc(C#CC=O)cc1C#N. The number of aldehydes is 1. The molecule has 0 spiro atoms. The first-order chi connectivity index (χ1) is 6.27. The van der Waals surface area contributed by atoms with Gasteiger partial charge in [0.25, 0.3) is 0 Å². The highest BCUT2D eigenvalue weighted by molar-refractivity contribution is 5.74. The first-order valence-electron chi connectivity index (χ1n) is 3.74. The van der Waals surface area contributed by atoms with E-state index in [0.29, 0.717) is 17.4 Å². The Bertz CT molecular complexity index is 430. The summed E-state index contributed by atoms with van der Waals surface area (Å²) in [6.07, 6.45) is 0.534. The molecule has 0 bridgehead atoms. The summed E-state index contributed by atoms with van der Waals surface area (Å²) in [5.41, 5.74) is 2.20. The number of rotatable bonds is 0. The van der Waals surface area contributed by atoms with Gasteiger partial charge in [0.2, 0.25) is 0 Å². The first kappa shape index (κ1) is 9.03. The normalized spacial score (nSPS) is 8.00. The molecule has 0 fully saturated rings. The average molecular weight is 169 g/mol. The Kier molecular flexibility index (Phi) is 2.84. The fourth-order valence-electron chi connectivity index (χ4n) is 0.933. The standard InChI is InChI=1S/C11H7NO/c1-9-4-5-10(3-2-6-13)7-11(9)8-12/h4-7H,1H3. The molecule has 0 aliphatic heterocycles. The smallest absolute Gasteiger partial charge is 0.193 e. The summed E-state index contributed by atoms with van der Waals surface area (Å²) in [6.45, 7) is 1.86. The lowest BCUT2D eigenvalue weighted by Gasteiger charge is -1.95. The molecular formula is C11H7NO. The van der Waals surface area contributed by atoms with Crippen molar-refractivity contribution in [3.63, 3.8) is 0 Å². The van der Waals surface area contributed by atoms with Gasteiger partial charge in [-0.2, -0.15) is 5.26 Å². The van der Waals surface area contributed by atoms with Crippen LogP contribution in [0.4, 0.5) is 0 Å². The number of benzene rings is 1. The van der Waals surface area contributed by atoms with E-state index >= 15 is 0 Å². The van der Waals surface area contributed by atoms with Crippen molar-refractivity contribution in [2.75, 3.05) is 0 Å². The zero-order chi connectivity index (χ0) is 9.68. The Morgan fingerprint density at radius 1 is 1.46 bits per heavy atom. The first-order valence-corrected chi connectivity index (χ1v) is 3.74. The van der Waals surface area contributed by atoms with E-state index in [1.807, 2.05) is 13.0 Å². The molecule has 13 heavy (non-hydrogen) atoms. The fraction of sp³-hybridized carbons (Fsp3) is 0.0909. The van der Waals surface area contributed by atoms with Gasteiger partial charge in [0, 0.05) is 5.56 Å². The van der Waals surface area contributed by atoms with Crippen molar-refractivity contribution < 1.29 is 4.79 Å². The number of hydrogen-bond acceptors (Lipinski definition) is 2. The molecule has 0 N–H and O–H groups in total. The van der Waals surface area contributed by atoms with Crippen molar-refractivity contribution in [2.24, 2.45) is 0 Å². The van der Waals surface area contributed by atoms with Crippen LogP contribution in [0.1, 0.15) is 16.7 Å². The van der Waals surface area contributed by atoms with E-state index in [4.69, 9.17) is 5.26 Å². The number of carbonyl (C=O) groups is 1. The maximum absolute atomic E-state index is 9.96. The summed E-state index contributed by atoms with van der Waals surface area (Å²) in [4.78, 5) is 9.96. The Hall–Kier alpha value is -2.06. The number of nitriles is 1. The number of carbonyl (C=O) groups excluding carboxylic acids is 1. The molecule has 2 nitrogen and oxygen atoms in total. The van der Waals surface area contributed by atoms with Gasteiger partial charge in [-0.1, -0.05) is 12.0 Å². The van der Waals surface area contributed by atoms with Gasteiger partial charge < -0.3 is 0 Å². The highest BCUT2D eigenvalue weighted by atomic mass is 16.1. The van der Waals surface area contributed by atoms with E-state index in [9.17, 15) is 4.79 Å². The molecule has 0 unspecified atom stereocenters. The summed E-state index contributed by atoms with van der Waals surface area (Å²) >= 11 is 0. The minimum atomic E-state index is 0.534. The Balaban J connectivity index is 3.15.